The second kappa shape index (κ2) is 4.40. The Labute approximate surface area is 93.1 Å². The van der Waals surface area contributed by atoms with E-state index in [1.165, 1.54) is 6.07 Å². The van der Waals surface area contributed by atoms with Gasteiger partial charge in [-0.3, -0.25) is 0 Å². The lowest BCUT2D eigenvalue weighted by atomic mass is 10.2. The molecule has 1 heterocycles. The van der Waals surface area contributed by atoms with Crippen molar-refractivity contribution >= 4 is 0 Å². The Bertz CT molecular complexity index is 492. The molecule has 2 rings (SSSR count). The van der Waals surface area contributed by atoms with E-state index >= 15 is 0 Å². The van der Waals surface area contributed by atoms with Crippen LogP contribution in [0, 0.1) is 12.7 Å². The van der Waals surface area contributed by atoms with Gasteiger partial charge in [-0.1, -0.05) is 11.3 Å². The second-order valence-corrected chi connectivity index (χ2v) is 3.57. The second-order valence-electron chi connectivity index (χ2n) is 3.57. The average Bonchev–Trinajstić information content (AvgIpc) is 2.71. The van der Waals surface area contributed by atoms with E-state index in [0.29, 0.717) is 12.1 Å². The van der Waals surface area contributed by atoms with Gasteiger partial charge in [0, 0.05) is 12.1 Å². The van der Waals surface area contributed by atoms with Gasteiger partial charge in [-0.25, -0.2) is 9.07 Å². The molecule has 5 heteroatoms. The highest BCUT2D eigenvalue weighted by molar-refractivity contribution is 5.40. The summed E-state index contributed by atoms with van der Waals surface area (Å²) < 4.78 is 14.9. The normalized spacial score (nSPS) is 10.7. The van der Waals surface area contributed by atoms with E-state index in [2.05, 4.69) is 15.6 Å². The minimum absolute atomic E-state index is 0.233. The lowest BCUT2D eigenvalue weighted by Gasteiger charge is -2.04. The number of aromatic nitrogens is 3. The lowest BCUT2D eigenvalue weighted by Crippen LogP contribution is -2.05. The standard InChI is InChI=1S/C11H13FN4/c1-8-10(12)4-3-5-11(8)16-7-9(6-13-2)14-15-16/h3-5,7,13H,6H2,1-2H3. The van der Waals surface area contributed by atoms with Gasteiger partial charge in [-0.15, -0.1) is 5.10 Å². The molecule has 0 amide bonds. The number of halogens is 1. The fraction of sp³-hybridized carbons (Fsp3) is 0.273. The van der Waals surface area contributed by atoms with Crippen molar-refractivity contribution in [3.8, 4) is 5.69 Å². The maximum atomic E-state index is 13.3. The molecule has 0 saturated carbocycles. The molecular formula is C11H13FN4. The Morgan fingerprint density at radius 1 is 1.44 bits per heavy atom. The van der Waals surface area contributed by atoms with Crippen LogP contribution < -0.4 is 5.32 Å². The number of nitrogens with zero attached hydrogens (tertiary/aromatic N) is 3. The molecule has 2 aromatic rings. The number of rotatable bonds is 3. The van der Waals surface area contributed by atoms with Gasteiger partial charge >= 0.3 is 0 Å². The Kier molecular flexibility index (Phi) is 2.96. The van der Waals surface area contributed by atoms with Crippen molar-refractivity contribution in [3.63, 3.8) is 0 Å². The highest BCUT2D eigenvalue weighted by atomic mass is 19.1. The maximum Gasteiger partial charge on any atom is 0.128 e. The third-order valence-electron chi connectivity index (χ3n) is 2.38. The van der Waals surface area contributed by atoms with Crippen LogP contribution in [0.1, 0.15) is 11.3 Å². The molecule has 4 nitrogen and oxygen atoms in total. The molecule has 0 saturated heterocycles. The molecule has 0 aliphatic carbocycles. The molecule has 84 valence electrons. The van der Waals surface area contributed by atoms with Gasteiger partial charge in [0.05, 0.1) is 17.6 Å². The summed E-state index contributed by atoms with van der Waals surface area (Å²) in [4.78, 5) is 0. The van der Waals surface area contributed by atoms with Crippen molar-refractivity contribution in [2.75, 3.05) is 7.05 Å². The van der Waals surface area contributed by atoms with Crippen LogP contribution in [-0.2, 0) is 6.54 Å². The van der Waals surface area contributed by atoms with Crippen LogP contribution in [-0.4, -0.2) is 22.0 Å². The van der Waals surface area contributed by atoms with Crippen LogP contribution in [0.25, 0.3) is 5.69 Å². The summed E-state index contributed by atoms with van der Waals surface area (Å²) in [7, 11) is 1.84. The van der Waals surface area contributed by atoms with E-state index in [0.717, 1.165) is 11.4 Å². The zero-order chi connectivity index (χ0) is 11.5. The Morgan fingerprint density at radius 3 is 3.00 bits per heavy atom. The summed E-state index contributed by atoms with van der Waals surface area (Å²) in [5, 5.41) is 10.9. The maximum absolute atomic E-state index is 13.3. The minimum Gasteiger partial charge on any atom is -0.314 e. The van der Waals surface area contributed by atoms with Gasteiger partial charge in [0.1, 0.15) is 5.82 Å². The highest BCUT2D eigenvalue weighted by Gasteiger charge is 2.07. The van der Waals surface area contributed by atoms with Crippen molar-refractivity contribution in [2.24, 2.45) is 0 Å². The van der Waals surface area contributed by atoms with E-state index in [9.17, 15) is 4.39 Å². The zero-order valence-electron chi connectivity index (χ0n) is 9.24. The summed E-state index contributed by atoms with van der Waals surface area (Å²) >= 11 is 0. The van der Waals surface area contributed by atoms with Crippen LogP contribution in [0.3, 0.4) is 0 Å². The molecule has 0 bridgehead atoms. The smallest absolute Gasteiger partial charge is 0.128 e. The lowest BCUT2D eigenvalue weighted by molar-refractivity contribution is 0.614. The molecule has 0 aliphatic rings. The first kappa shape index (κ1) is 10.8. The van der Waals surface area contributed by atoms with Gasteiger partial charge in [0.15, 0.2) is 0 Å². The molecule has 0 aliphatic heterocycles. The Hall–Kier alpha value is -1.75. The highest BCUT2D eigenvalue weighted by Crippen LogP contribution is 2.15. The van der Waals surface area contributed by atoms with Crippen molar-refractivity contribution in [1.29, 1.82) is 0 Å². The van der Waals surface area contributed by atoms with Crippen LogP contribution in [0.4, 0.5) is 4.39 Å². The van der Waals surface area contributed by atoms with Crippen molar-refractivity contribution in [2.45, 2.75) is 13.5 Å². The van der Waals surface area contributed by atoms with Crippen LogP contribution >= 0.6 is 0 Å². The van der Waals surface area contributed by atoms with Crippen molar-refractivity contribution in [1.82, 2.24) is 20.3 Å². The summed E-state index contributed by atoms with van der Waals surface area (Å²) in [6, 6.07) is 4.91. The monoisotopic (exact) mass is 220 g/mol. The fourth-order valence-electron chi connectivity index (χ4n) is 1.52. The minimum atomic E-state index is -0.233. The third kappa shape index (κ3) is 1.94. The zero-order valence-corrected chi connectivity index (χ0v) is 9.24. The molecule has 0 spiro atoms. The third-order valence-corrected chi connectivity index (χ3v) is 2.38. The average molecular weight is 220 g/mol. The molecule has 0 unspecified atom stereocenters. The number of nitrogens with one attached hydrogen (secondary N) is 1. The van der Waals surface area contributed by atoms with Gasteiger partial charge in [-0.05, 0) is 26.1 Å². The SMILES string of the molecule is CNCc1cn(-c2cccc(F)c2C)nn1. The first-order valence-electron chi connectivity index (χ1n) is 5.03. The van der Waals surface area contributed by atoms with Gasteiger partial charge < -0.3 is 5.32 Å². The van der Waals surface area contributed by atoms with E-state index in [-0.39, 0.29) is 5.82 Å². The quantitative estimate of drug-likeness (QED) is 0.851. The summed E-state index contributed by atoms with van der Waals surface area (Å²) in [6.45, 7) is 2.37. The molecule has 16 heavy (non-hydrogen) atoms. The van der Waals surface area contributed by atoms with Gasteiger partial charge in [-0.2, -0.15) is 0 Å². The molecule has 0 fully saturated rings. The number of benzene rings is 1. The van der Waals surface area contributed by atoms with Gasteiger partial charge in [0.25, 0.3) is 0 Å². The topological polar surface area (TPSA) is 42.7 Å². The molecule has 0 atom stereocenters. The molecule has 1 aromatic heterocycles. The van der Waals surface area contributed by atoms with Crippen LogP contribution in [0.5, 0.6) is 0 Å². The van der Waals surface area contributed by atoms with Crippen molar-refractivity contribution < 1.29 is 4.39 Å². The van der Waals surface area contributed by atoms with Gasteiger partial charge in [0.2, 0.25) is 0 Å². The largest absolute Gasteiger partial charge is 0.314 e. The summed E-state index contributed by atoms with van der Waals surface area (Å²) in [5.41, 5.74) is 2.12. The first-order valence-corrected chi connectivity index (χ1v) is 5.03. The Morgan fingerprint density at radius 2 is 2.25 bits per heavy atom. The number of hydrogen-bond acceptors (Lipinski definition) is 3. The molecule has 1 aromatic carbocycles. The fourth-order valence-corrected chi connectivity index (χ4v) is 1.52. The van der Waals surface area contributed by atoms with Crippen LogP contribution in [0.15, 0.2) is 24.4 Å². The molecule has 0 radical (unpaired) electrons. The first-order chi connectivity index (χ1) is 7.72. The van der Waals surface area contributed by atoms with Crippen LogP contribution in [0.2, 0.25) is 0 Å². The predicted octanol–water partition coefficient (Wildman–Crippen LogP) is 1.43. The molecular weight excluding hydrogens is 207 g/mol. The predicted molar refractivity (Wildman–Crippen MR) is 58.8 cm³/mol. The van der Waals surface area contributed by atoms with E-state index < -0.39 is 0 Å². The number of hydrogen-bond donors (Lipinski definition) is 1. The van der Waals surface area contributed by atoms with Crippen molar-refractivity contribution in [3.05, 3.63) is 41.5 Å². The molecule has 1 N–H and O–H groups in total. The van der Waals surface area contributed by atoms with E-state index in [4.69, 9.17) is 0 Å². The van der Waals surface area contributed by atoms with E-state index in [1.807, 2.05) is 13.1 Å². The summed E-state index contributed by atoms with van der Waals surface area (Å²) in [5.74, 6) is -0.233. The Balaban J connectivity index is 2.39. The van der Waals surface area contributed by atoms with E-state index in [1.54, 1.807) is 23.9 Å². The summed E-state index contributed by atoms with van der Waals surface area (Å²) in [6.07, 6.45) is 1.79.